The van der Waals surface area contributed by atoms with Crippen LogP contribution in [0.3, 0.4) is 0 Å². The maximum atomic E-state index is 12.4. The molecule has 3 rings (SSSR count). The molecule has 22 heavy (non-hydrogen) atoms. The standard InChI is InChI=1S/C20H26O2/c1-6-13-12(2)16(21)11-15-14(13)7-8-17-19(3,4)18(22)9-10-20(15,17)5/h6,11,17,21H,1,7-10H2,2-5H3/t17-,20-/m0/s1. The molecule has 0 aromatic heterocycles. The molecule has 0 bridgehead atoms. The normalized spacial score (nSPS) is 29.6. The molecule has 1 aromatic carbocycles. The van der Waals surface area contributed by atoms with Gasteiger partial charge in [0.15, 0.2) is 0 Å². The highest BCUT2D eigenvalue weighted by Gasteiger charge is 2.53. The predicted octanol–water partition coefficient (Wildman–Crippen LogP) is 4.55. The Morgan fingerprint density at radius 1 is 1.32 bits per heavy atom. The molecule has 1 fully saturated rings. The molecular formula is C20H26O2. The number of phenolic OH excluding ortho intramolecular Hbond substituents is 1. The van der Waals surface area contributed by atoms with Crippen LogP contribution in [0.15, 0.2) is 12.6 Å². The van der Waals surface area contributed by atoms with E-state index in [1.165, 1.54) is 11.1 Å². The third-order valence-corrected chi connectivity index (χ3v) is 6.45. The van der Waals surface area contributed by atoms with Crippen molar-refractivity contribution in [2.24, 2.45) is 11.3 Å². The summed E-state index contributed by atoms with van der Waals surface area (Å²) in [6.45, 7) is 12.4. The van der Waals surface area contributed by atoms with Crippen LogP contribution in [0.1, 0.15) is 62.3 Å². The summed E-state index contributed by atoms with van der Waals surface area (Å²) in [5, 5.41) is 10.4. The molecule has 0 unspecified atom stereocenters. The molecule has 2 atom stereocenters. The zero-order valence-corrected chi connectivity index (χ0v) is 14.1. The summed E-state index contributed by atoms with van der Waals surface area (Å²) >= 11 is 0. The number of ketones is 1. The molecule has 0 aliphatic heterocycles. The molecule has 2 nitrogen and oxygen atoms in total. The molecule has 1 aromatic rings. The van der Waals surface area contributed by atoms with Gasteiger partial charge in [0.05, 0.1) is 0 Å². The Hall–Kier alpha value is -1.57. The second-order valence-corrected chi connectivity index (χ2v) is 7.82. The molecule has 0 amide bonds. The van der Waals surface area contributed by atoms with E-state index in [0.29, 0.717) is 23.9 Å². The van der Waals surface area contributed by atoms with Crippen molar-refractivity contribution in [1.82, 2.24) is 0 Å². The Labute approximate surface area is 133 Å². The summed E-state index contributed by atoms with van der Waals surface area (Å²) in [5.74, 6) is 1.08. The zero-order valence-electron chi connectivity index (χ0n) is 14.1. The minimum Gasteiger partial charge on any atom is -0.508 e. The third-order valence-electron chi connectivity index (χ3n) is 6.45. The Kier molecular flexibility index (Phi) is 3.28. The Morgan fingerprint density at radius 2 is 2.00 bits per heavy atom. The van der Waals surface area contributed by atoms with Crippen LogP contribution in [-0.4, -0.2) is 10.9 Å². The highest BCUT2D eigenvalue weighted by atomic mass is 16.3. The van der Waals surface area contributed by atoms with E-state index in [4.69, 9.17) is 0 Å². The summed E-state index contributed by atoms with van der Waals surface area (Å²) < 4.78 is 0. The van der Waals surface area contributed by atoms with Crippen molar-refractivity contribution in [3.63, 3.8) is 0 Å². The number of aromatic hydroxyl groups is 1. The quantitative estimate of drug-likeness (QED) is 0.825. The van der Waals surface area contributed by atoms with Gasteiger partial charge in [-0.1, -0.05) is 33.4 Å². The fourth-order valence-electron chi connectivity index (χ4n) is 5.05. The van der Waals surface area contributed by atoms with Gasteiger partial charge in [-0.25, -0.2) is 0 Å². The van der Waals surface area contributed by atoms with Crippen LogP contribution in [0.4, 0.5) is 0 Å². The van der Waals surface area contributed by atoms with Crippen molar-refractivity contribution < 1.29 is 9.90 Å². The maximum absolute atomic E-state index is 12.4. The summed E-state index contributed by atoms with van der Waals surface area (Å²) in [5.41, 5.74) is 4.26. The smallest absolute Gasteiger partial charge is 0.138 e. The van der Waals surface area contributed by atoms with Crippen LogP contribution in [0.25, 0.3) is 6.08 Å². The second kappa shape index (κ2) is 4.71. The van der Waals surface area contributed by atoms with Gasteiger partial charge in [-0.2, -0.15) is 0 Å². The Morgan fingerprint density at radius 3 is 2.64 bits per heavy atom. The number of rotatable bonds is 1. The van der Waals surface area contributed by atoms with Crippen LogP contribution in [0.2, 0.25) is 0 Å². The van der Waals surface area contributed by atoms with E-state index in [2.05, 4.69) is 27.4 Å². The fourth-order valence-corrected chi connectivity index (χ4v) is 5.05. The molecule has 0 spiro atoms. The van der Waals surface area contributed by atoms with Crippen LogP contribution >= 0.6 is 0 Å². The first-order chi connectivity index (χ1) is 10.2. The van der Waals surface area contributed by atoms with Crippen molar-refractivity contribution in [2.75, 3.05) is 0 Å². The summed E-state index contributed by atoms with van der Waals surface area (Å²) in [6, 6.07) is 1.95. The molecule has 0 saturated heterocycles. The number of fused-ring (bicyclic) bond motifs is 3. The first-order valence-corrected chi connectivity index (χ1v) is 8.25. The first-order valence-electron chi connectivity index (χ1n) is 8.25. The van der Waals surface area contributed by atoms with Gasteiger partial charge < -0.3 is 5.11 Å². The number of phenols is 1. The minimum absolute atomic E-state index is 0.0338. The molecule has 2 aliphatic rings. The third kappa shape index (κ3) is 1.82. The van der Waals surface area contributed by atoms with Crippen LogP contribution in [-0.2, 0) is 16.6 Å². The number of Topliss-reactive ketones (excluding diaryl/α,β-unsaturated/α-hetero) is 1. The van der Waals surface area contributed by atoms with E-state index in [1.54, 1.807) is 0 Å². The summed E-state index contributed by atoms with van der Waals surface area (Å²) in [6.07, 6.45) is 5.39. The van der Waals surface area contributed by atoms with E-state index in [9.17, 15) is 9.90 Å². The van der Waals surface area contributed by atoms with Crippen molar-refractivity contribution in [2.45, 2.75) is 58.8 Å². The van der Waals surface area contributed by atoms with Crippen molar-refractivity contribution in [3.05, 3.63) is 34.9 Å². The molecule has 1 N–H and O–H groups in total. The van der Waals surface area contributed by atoms with E-state index < -0.39 is 0 Å². The van der Waals surface area contributed by atoms with E-state index in [0.717, 1.165) is 30.4 Å². The second-order valence-electron chi connectivity index (χ2n) is 7.82. The van der Waals surface area contributed by atoms with Crippen LogP contribution in [0.5, 0.6) is 5.75 Å². The van der Waals surface area contributed by atoms with Crippen molar-refractivity contribution >= 4 is 11.9 Å². The number of hydrogen-bond acceptors (Lipinski definition) is 2. The number of hydrogen-bond donors (Lipinski definition) is 1. The molecular weight excluding hydrogens is 272 g/mol. The lowest BCUT2D eigenvalue weighted by atomic mass is 9.49. The molecule has 2 aliphatic carbocycles. The predicted molar refractivity (Wildman–Crippen MR) is 90.1 cm³/mol. The SMILES string of the molecule is C=Cc1c(C)c(O)cc2c1CC[C@H]1C(C)(C)C(=O)CC[C@@]21C. The van der Waals surface area contributed by atoms with Gasteiger partial charge >= 0.3 is 0 Å². The molecule has 2 heteroatoms. The van der Waals surface area contributed by atoms with Gasteiger partial charge in [0.1, 0.15) is 11.5 Å². The number of benzene rings is 1. The lowest BCUT2D eigenvalue weighted by molar-refractivity contribution is -0.137. The minimum atomic E-state index is -0.278. The largest absolute Gasteiger partial charge is 0.508 e. The van der Waals surface area contributed by atoms with Crippen molar-refractivity contribution in [1.29, 1.82) is 0 Å². The van der Waals surface area contributed by atoms with Gasteiger partial charge in [0.25, 0.3) is 0 Å². The Balaban J connectivity index is 2.24. The number of carbonyl (C=O) groups excluding carboxylic acids is 1. The molecule has 118 valence electrons. The van der Waals surface area contributed by atoms with Gasteiger partial charge in [0, 0.05) is 11.8 Å². The monoisotopic (exact) mass is 298 g/mol. The average molecular weight is 298 g/mol. The topological polar surface area (TPSA) is 37.3 Å². The highest BCUT2D eigenvalue weighted by Crippen LogP contribution is 2.57. The van der Waals surface area contributed by atoms with E-state index in [-0.39, 0.29) is 10.8 Å². The zero-order chi connectivity index (χ0) is 16.3. The molecule has 0 radical (unpaired) electrons. The highest BCUT2D eigenvalue weighted by molar-refractivity contribution is 5.86. The molecule has 1 saturated carbocycles. The fraction of sp³-hybridized carbons (Fsp3) is 0.550. The maximum Gasteiger partial charge on any atom is 0.138 e. The van der Waals surface area contributed by atoms with E-state index in [1.807, 2.05) is 19.1 Å². The summed E-state index contributed by atoms with van der Waals surface area (Å²) in [4.78, 5) is 12.4. The first kappa shape index (κ1) is 15.3. The Bertz CT molecular complexity index is 669. The van der Waals surface area contributed by atoms with Gasteiger partial charge in [0.2, 0.25) is 0 Å². The van der Waals surface area contributed by atoms with Gasteiger partial charge in [-0.05, 0) is 65.8 Å². The summed E-state index contributed by atoms with van der Waals surface area (Å²) in [7, 11) is 0. The lowest BCUT2D eigenvalue weighted by Gasteiger charge is -2.53. The molecule has 0 heterocycles. The number of carbonyl (C=O) groups is 1. The van der Waals surface area contributed by atoms with Crippen LogP contribution < -0.4 is 0 Å². The lowest BCUT2D eigenvalue weighted by Crippen LogP contribution is -2.52. The van der Waals surface area contributed by atoms with Crippen molar-refractivity contribution in [3.8, 4) is 5.75 Å². The average Bonchev–Trinajstić information content (AvgIpc) is 2.46. The van der Waals surface area contributed by atoms with Gasteiger partial charge in [-0.15, -0.1) is 0 Å². The van der Waals surface area contributed by atoms with E-state index >= 15 is 0 Å². The van der Waals surface area contributed by atoms with Gasteiger partial charge in [-0.3, -0.25) is 4.79 Å². The van der Waals surface area contributed by atoms with Crippen LogP contribution in [0, 0.1) is 18.3 Å².